The summed E-state index contributed by atoms with van der Waals surface area (Å²) in [4.78, 5) is 36.8. The van der Waals surface area contributed by atoms with Gasteiger partial charge in [-0.1, -0.05) is 18.2 Å². The van der Waals surface area contributed by atoms with E-state index in [9.17, 15) is 14.4 Å². The number of nitrogens with two attached hydrogens (primary N) is 1. The third-order valence-corrected chi connectivity index (χ3v) is 4.45. The normalized spacial score (nSPS) is 17.4. The summed E-state index contributed by atoms with van der Waals surface area (Å²) in [7, 11) is 0. The molecule has 0 spiro atoms. The van der Waals surface area contributed by atoms with E-state index in [0.29, 0.717) is 19.5 Å². The van der Waals surface area contributed by atoms with Crippen molar-refractivity contribution in [1.29, 1.82) is 0 Å². The van der Waals surface area contributed by atoms with Gasteiger partial charge in [0, 0.05) is 13.1 Å². The molecule has 2 amide bonds. The van der Waals surface area contributed by atoms with Gasteiger partial charge in [-0.3, -0.25) is 14.4 Å². The van der Waals surface area contributed by atoms with Crippen LogP contribution in [0.2, 0.25) is 0 Å². The van der Waals surface area contributed by atoms with Crippen LogP contribution in [-0.4, -0.2) is 42.4 Å². The largest absolute Gasteiger partial charge is 0.455 e. The number of hydrogen-bond donors (Lipinski definition) is 1. The first kappa shape index (κ1) is 18.0. The summed E-state index contributed by atoms with van der Waals surface area (Å²) in [6.45, 7) is 4.57. The number of amides is 2. The van der Waals surface area contributed by atoms with E-state index in [0.717, 1.165) is 23.1 Å². The summed E-state index contributed by atoms with van der Waals surface area (Å²) in [6, 6.07) is 5.79. The minimum Gasteiger partial charge on any atom is -0.455 e. The number of esters is 1. The van der Waals surface area contributed by atoms with Crippen LogP contribution in [0.1, 0.15) is 29.5 Å². The van der Waals surface area contributed by atoms with Crippen LogP contribution in [0.4, 0.5) is 0 Å². The van der Waals surface area contributed by atoms with Gasteiger partial charge in [0.05, 0.1) is 12.3 Å². The van der Waals surface area contributed by atoms with Crippen LogP contribution in [0, 0.1) is 19.8 Å². The van der Waals surface area contributed by atoms with Crippen LogP contribution in [0.15, 0.2) is 18.2 Å². The summed E-state index contributed by atoms with van der Waals surface area (Å²) in [5, 5.41) is 0. The molecule has 1 aliphatic rings. The summed E-state index contributed by atoms with van der Waals surface area (Å²) in [5.74, 6) is -1.42. The number of carbonyl (C=O) groups excluding carboxylic acids is 3. The zero-order valence-corrected chi connectivity index (χ0v) is 14.2. The number of nitrogens with zero attached hydrogens (tertiary/aromatic N) is 1. The number of aryl methyl sites for hydroxylation is 2. The van der Waals surface area contributed by atoms with Crippen molar-refractivity contribution in [2.45, 2.75) is 33.1 Å². The molecule has 1 heterocycles. The monoisotopic (exact) mass is 332 g/mol. The van der Waals surface area contributed by atoms with Gasteiger partial charge in [-0.15, -0.1) is 0 Å². The highest BCUT2D eigenvalue weighted by atomic mass is 16.5. The van der Waals surface area contributed by atoms with Gasteiger partial charge >= 0.3 is 5.97 Å². The lowest BCUT2D eigenvalue weighted by atomic mass is 9.97. The molecule has 1 aromatic rings. The third kappa shape index (κ3) is 4.81. The maximum absolute atomic E-state index is 12.1. The van der Waals surface area contributed by atoms with Crippen molar-refractivity contribution in [2.24, 2.45) is 11.7 Å². The highest BCUT2D eigenvalue weighted by Gasteiger charge is 2.27. The first-order chi connectivity index (χ1) is 11.4. The zero-order valence-electron chi connectivity index (χ0n) is 14.2. The van der Waals surface area contributed by atoms with Crippen LogP contribution in [-0.2, 0) is 25.5 Å². The van der Waals surface area contributed by atoms with Crippen LogP contribution in [0.5, 0.6) is 0 Å². The van der Waals surface area contributed by atoms with E-state index >= 15 is 0 Å². The van der Waals surface area contributed by atoms with Crippen molar-refractivity contribution < 1.29 is 19.1 Å². The molecule has 0 unspecified atom stereocenters. The van der Waals surface area contributed by atoms with Gasteiger partial charge in [-0.05, 0) is 43.4 Å². The summed E-state index contributed by atoms with van der Waals surface area (Å²) in [6.07, 6.45) is 1.57. The molecule has 2 rings (SSSR count). The number of piperidine rings is 1. The molecule has 6 heteroatoms. The predicted octanol–water partition coefficient (Wildman–Crippen LogP) is 1.11. The van der Waals surface area contributed by atoms with Gasteiger partial charge in [0.15, 0.2) is 6.61 Å². The molecule has 0 bridgehead atoms. The standard InChI is InChI=1S/C18H24N2O4/c1-12-5-6-14(8-13(12)2)9-17(22)24-11-16(21)20-7-3-4-15(10-20)18(19)23/h5-6,8,15H,3-4,7,9-11H2,1-2H3,(H2,19,23)/t15-/m0/s1. The van der Waals surface area contributed by atoms with Gasteiger partial charge in [-0.2, -0.15) is 0 Å². The molecule has 24 heavy (non-hydrogen) atoms. The Morgan fingerprint density at radius 2 is 2.00 bits per heavy atom. The number of carbonyl (C=O) groups is 3. The molecule has 0 saturated carbocycles. The molecule has 1 fully saturated rings. The van der Waals surface area contributed by atoms with Gasteiger partial charge in [0.2, 0.25) is 5.91 Å². The van der Waals surface area contributed by atoms with Crippen LogP contribution >= 0.6 is 0 Å². The number of ether oxygens (including phenoxy) is 1. The van der Waals surface area contributed by atoms with E-state index in [1.807, 2.05) is 32.0 Å². The zero-order chi connectivity index (χ0) is 17.7. The average molecular weight is 332 g/mol. The van der Waals surface area contributed by atoms with Crippen LogP contribution < -0.4 is 5.73 Å². The highest BCUT2D eigenvalue weighted by Crippen LogP contribution is 2.16. The molecule has 1 atom stereocenters. The molecule has 1 aliphatic heterocycles. The van der Waals surface area contributed by atoms with Gasteiger partial charge in [0.25, 0.3) is 5.91 Å². The van der Waals surface area contributed by atoms with Crippen molar-refractivity contribution in [3.63, 3.8) is 0 Å². The van der Waals surface area contributed by atoms with Crippen LogP contribution in [0.25, 0.3) is 0 Å². The van der Waals surface area contributed by atoms with Gasteiger partial charge in [-0.25, -0.2) is 0 Å². The predicted molar refractivity (Wildman–Crippen MR) is 89.1 cm³/mol. The Morgan fingerprint density at radius 1 is 1.25 bits per heavy atom. The molecule has 2 N–H and O–H groups in total. The average Bonchev–Trinajstić information content (AvgIpc) is 2.56. The minimum absolute atomic E-state index is 0.137. The quantitative estimate of drug-likeness (QED) is 0.818. The molecular weight excluding hydrogens is 308 g/mol. The Kier molecular flexibility index (Phi) is 5.95. The Balaban J connectivity index is 1.81. The fourth-order valence-corrected chi connectivity index (χ4v) is 2.80. The van der Waals surface area contributed by atoms with Crippen molar-refractivity contribution in [3.8, 4) is 0 Å². The van der Waals surface area contributed by atoms with Crippen molar-refractivity contribution in [3.05, 3.63) is 34.9 Å². The molecule has 6 nitrogen and oxygen atoms in total. The first-order valence-electron chi connectivity index (χ1n) is 8.15. The van der Waals surface area contributed by atoms with E-state index in [2.05, 4.69) is 0 Å². The van der Waals surface area contributed by atoms with E-state index in [1.54, 1.807) is 4.90 Å². The SMILES string of the molecule is Cc1ccc(CC(=O)OCC(=O)N2CCC[C@H](C(N)=O)C2)cc1C. The Morgan fingerprint density at radius 3 is 2.67 bits per heavy atom. The number of rotatable bonds is 5. The van der Waals surface area contributed by atoms with Gasteiger partial charge < -0.3 is 15.4 Å². The summed E-state index contributed by atoms with van der Waals surface area (Å²) < 4.78 is 5.08. The van der Waals surface area contributed by atoms with E-state index in [-0.39, 0.29) is 30.8 Å². The lowest BCUT2D eigenvalue weighted by Gasteiger charge is -2.31. The lowest BCUT2D eigenvalue weighted by molar-refractivity contribution is -0.152. The van der Waals surface area contributed by atoms with Gasteiger partial charge in [0.1, 0.15) is 0 Å². The fraction of sp³-hybridized carbons (Fsp3) is 0.500. The Labute approximate surface area is 142 Å². The fourth-order valence-electron chi connectivity index (χ4n) is 2.80. The van der Waals surface area contributed by atoms with E-state index in [4.69, 9.17) is 10.5 Å². The molecular formula is C18H24N2O4. The third-order valence-electron chi connectivity index (χ3n) is 4.45. The Hall–Kier alpha value is -2.37. The van der Waals surface area contributed by atoms with E-state index in [1.165, 1.54) is 0 Å². The maximum Gasteiger partial charge on any atom is 0.310 e. The van der Waals surface area contributed by atoms with Crippen molar-refractivity contribution in [1.82, 2.24) is 4.90 Å². The van der Waals surface area contributed by atoms with Crippen molar-refractivity contribution in [2.75, 3.05) is 19.7 Å². The number of hydrogen-bond acceptors (Lipinski definition) is 4. The number of primary amides is 1. The Bertz CT molecular complexity index is 642. The number of likely N-dealkylation sites (tertiary alicyclic amines) is 1. The minimum atomic E-state index is -0.435. The smallest absolute Gasteiger partial charge is 0.310 e. The topological polar surface area (TPSA) is 89.7 Å². The second kappa shape index (κ2) is 7.95. The summed E-state index contributed by atoms with van der Waals surface area (Å²) in [5.41, 5.74) is 8.44. The molecule has 1 aromatic carbocycles. The molecule has 0 radical (unpaired) electrons. The first-order valence-corrected chi connectivity index (χ1v) is 8.15. The second-order valence-electron chi connectivity index (χ2n) is 6.34. The molecule has 0 aliphatic carbocycles. The van der Waals surface area contributed by atoms with E-state index < -0.39 is 5.97 Å². The number of benzene rings is 1. The lowest BCUT2D eigenvalue weighted by Crippen LogP contribution is -2.45. The molecule has 0 aromatic heterocycles. The van der Waals surface area contributed by atoms with Crippen molar-refractivity contribution >= 4 is 17.8 Å². The van der Waals surface area contributed by atoms with Crippen LogP contribution in [0.3, 0.4) is 0 Å². The summed E-state index contributed by atoms with van der Waals surface area (Å²) >= 11 is 0. The highest BCUT2D eigenvalue weighted by molar-refractivity contribution is 5.83. The molecule has 1 saturated heterocycles. The second-order valence-corrected chi connectivity index (χ2v) is 6.34. The maximum atomic E-state index is 12.1. The molecule has 130 valence electrons.